The zero-order chi connectivity index (χ0) is 16.6. The van der Waals surface area contributed by atoms with Crippen molar-refractivity contribution in [2.75, 3.05) is 13.1 Å². The molecule has 122 valence electrons. The van der Waals surface area contributed by atoms with Gasteiger partial charge in [0.05, 0.1) is 0 Å². The maximum atomic E-state index is 13.0. The molecule has 4 heteroatoms. The van der Waals surface area contributed by atoms with Crippen LogP contribution in [0.3, 0.4) is 0 Å². The Morgan fingerprint density at radius 3 is 2.57 bits per heavy atom. The summed E-state index contributed by atoms with van der Waals surface area (Å²) in [6.07, 6.45) is 1.71. The molecule has 0 saturated carbocycles. The highest BCUT2D eigenvalue weighted by atomic mass is 16.2. The Hall–Kier alpha value is -2.10. The molecule has 4 nitrogen and oxygen atoms in total. The van der Waals surface area contributed by atoms with Crippen LogP contribution in [0, 0.1) is 5.41 Å². The number of carbonyl (C=O) groups is 1. The molecule has 23 heavy (non-hydrogen) atoms. The van der Waals surface area contributed by atoms with Crippen molar-refractivity contribution in [3.8, 4) is 0 Å². The SMILES string of the molecule is CC(C)n1nccc1C(=O)N1C[C@@H](c2ccccc2)C(C)(C)C1. The second-order valence-corrected chi connectivity index (χ2v) is 7.39. The molecule has 0 aliphatic carbocycles. The third-order valence-corrected chi connectivity index (χ3v) is 4.81. The van der Waals surface area contributed by atoms with Crippen LogP contribution < -0.4 is 0 Å². The molecular weight excluding hydrogens is 286 g/mol. The van der Waals surface area contributed by atoms with Gasteiger partial charge in [0.25, 0.3) is 5.91 Å². The number of benzene rings is 1. The van der Waals surface area contributed by atoms with Crippen LogP contribution in [0.25, 0.3) is 0 Å². The zero-order valence-corrected chi connectivity index (χ0v) is 14.4. The lowest BCUT2D eigenvalue weighted by Crippen LogP contribution is -2.32. The number of carbonyl (C=O) groups excluding carboxylic acids is 1. The van der Waals surface area contributed by atoms with E-state index in [1.165, 1.54) is 5.56 Å². The van der Waals surface area contributed by atoms with Gasteiger partial charge in [0.1, 0.15) is 5.69 Å². The van der Waals surface area contributed by atoms with Crippen LogP contribution in [0.1, 0.15) is 55.7 Å². The Morgan fingerprint density at radius 2 is 1.91 bits per heavy atom. The minimum absolute atomic E-state index is 0.0691. The number of likely N-dealkylation sites (tertiary alicyclic amines) is 1. The third kappa shape index (κ3) is 2.90. The highest BCUT2D eigenvalue weighted by Crippen LogP contribution is 2.42. The number of nitrogens with zero attached hydrogens (tertiary/aromatic N) is 3. The molecule has 1 amide bonds. The first-order valence-electron chi connectivity index (χ1n) is 8.28. The van der Waals surface area contributed by atoms with Crippen molar-refractivity contribution in [1.29, 1.82) is 0 Å². The van der Waals surface area contributed by atoms with Crippen molar-refractivity contribution in [3.05, 3.63) is 53.9 Å². The number of amides is 1. The largest absolute Gasteiger partial charge is 0.336 e. The van der Waals surface area contributed by atoms with Crippen LogP contribution in [0.4, 0.5) is 0 Å². The summed E-state index contributed by atoms with van der Waals surface area (Å²) in [5.74, 6) is 0.450. The van der Waals surface area contributed by atoms with Crippen molar-refractivity contribution in [2.24, 2.45) is 5.41 Å². The lowest BCUT2D eigenvalue weighted by atomic mass is 9.78. The van der Waals surface area contributed by atoms with Gasteiger partial charge in [-0.3, -0.25) is 9.48 Å². The summed E-state index contributed by atoms with van der Waals surface area (Å²) >= 11 is 0. The summed E-state index contributed by atoms with van der Waals surface area (Å²) in [5, 5.41) is 4.29. The number of rotatable bonds is 3. The first-order valence-corrected chi connectivity index (χ1v) is 8.28. The molecule has 1 aliphatic heterocycles. The predicted molar refractivity (Wildman–Crippen MR) is 91.5 cm³/mol. The van der Waals surface area contributed by atoms with Crippen LogP contribution in [-0.2, 0) is 0 Å². The van der Waals surface area contributed by atoms with E-state index < -0.39 is 0 Å². The molecular formula is C19H25N3O. The molecule has 3 rings (SSSR count). The van der Waals surface area contributed by atoms with E-state index in [-0.39, 0.29) is 17.4 Å². The highest BCUT2D eigenvalue weighted by molar-refractivity contribution is 5.93. The Kier molecular flexibility index (Phi) is 4.00. The van der Waals surface area contributed by atoms with Gasteiger partial charge in [-0.1, -0.05) is 44.2 Å². The van der Waals surface area contributed by atoms with Gasteiger partial charge in [-0.15, -0.1) is 0 Å². The Balaban J connectivity index is 1.85. The van der Waals surface area contributed by atoms with Gasteiger partial charge in [0.15, 0.2) is 0 Å². The summed E-state index contributed by atoms with van der Waals surface area (Å²) in [5.41, 5.74) is 2.06. The maximum Gasteiger partial charge on any atom is 0.272 e. The standard InChI is InChI=1S/C19H25N3O/c1-14(2)22-17(10-11-20-22)18(23)21-12-16(19(3,4)13-21)15-8-6-5-7-9-15/h5-11,14,16H,12-13H2,1-4H3/t16-/m0/s1. The van der Waals surface area contributed by atoms with Gasteiger partial charge in [0, 0.05) is 31.2 Å². The van der Waals surface area contributed by atoms with E-state index in [2.05, 4.69) is 43.2 Å². The predicted octanol–water partition coefficient (Wildman–Crippen LogP) is 3.73. The quantitative estimate of drug-likeness (QED) is 0.866. The summed E-state index contributed by atoms with van der Waals surface area (Å²) in [4.78, 5) is 14.9. The molecule has 1 fully saturated rings. The molecule has 0 unspecified atom stereocenters. The van der Waals surface area contributed by atoms with Crippen LogP contribution in [0.15, 0.2) is 42.6 Å². The van der Waals surface area contributed by atoms with Crippen LogP contribution in [-0.4, -0.2) is 33.7 Å². The minimum Gasteiger partial charge on any atom is -0.336 e. The topological polar surface area (TPSA) is 38.1 Å². The first-order chi connectivity index (χ1) is 10.9. The van der Waals surface area contributed by atoms with Gasteiger partial charge >= 0.3 is 0 Å². The Morgan fingerprint density at radius 1 is 1.22 bits per heavy atom. The lowest BCUT2D eigenvalue weighted by Gasteiger charge is -2.25. The molecule has 0 bridgehead atoms. The molecule has 0 spiro atoms. The smallest absolute Gasteiger partial charge is 0.272 e. The molecule has 1 aliphatic rings. The van der Waals surface area contributed by atoms with E-state index in [1.807, 2.05) is 35.6 Å². The van der Waals surface area contributed by atoms with Crippen LogP contribution in [0.2, 0.25) is 0 Å². The average Bonchev–Trinajstić information content (AvgIpc) is 3.11. The van der Waals surface area contributed by atoms with E-state index in [0.29, 0.717) is 11.6 Å². The van der Waals surface area contributed by atoms with Gasteiger partial charge in [-0.2, -0.15) is 5.10 Å². The van der Waals surface area contributed by atoms with E-state index >= 15 is 0 Å². The van der Waals surface area contributed by atoms with Crippen LogP contribution in [0.5, 0.6) is 0 Å². The molecule has 1 atom stereocenters. The lowest BCUT2D eigenvalue weighted by molar-refractivity contribution is 0.0763. The fourth-order valence-electron chi connectivity index (χ4n) is 3.59. The molecule has 1 saturated heterocycles. The Bertz CT molecular complexity index is 688. The zero-order valence-electron chi connectivity index (χ0n) is 14.4. The van der Waals surface area contributed by atoms with E-state index in [0.717, 1.165) is 13.1 Å². The first kappa shape index (κ1) is 15.8. The monoisotopic (exact) mass is 311 g/mol. The summed E-state index contributed by atoms with van der Waals surface area (Å²) in [7, 11) is 0. The van der Waals surface area contributed by atoms with Crippen molar-refractivity contribution in [2.45, 2.75) is 39.7 Å². The molecule has 0 radical (unpaired) electrons. The van der Waals surface area contributed by atoms with E-state index in [1.54, 1.807) is 6.20 Å². The van der Waals surface area contributed by atoms with E-state index in [9.17, 15) is 4.79 Å². The molecule has 1 aromatic carbocycles. The molecule has 1 aromatic heterocycles. The number of aromatic nitrogens is 2. The normalized spacial score (nSPS) is 20.2. The third-order valence-electron chi connectivity index (χ3n) is 4.81. The van der Waals surface area contributed by atoms with Crippen molar-refractivity contribution < 1.29 is 4.79 Å². The van der Waals surface area contributed by atoms with Gasteiger partial charge in [-0.25, -0.2) is 0 Å². The van der Waals surface area contributed by atoms with Crippen molar-refractivity contribution >= 4 is 5.91 Å². The molecule has 0 N–H and O–H groups in total. The summed E-state index contributed by atoms with van der Waals surface area (Å²) in [6.45, 7) is 10.1. The molecule has 2 aromatic rings. The van der Waals surface area contributed by atoms with Gasteiger partial charge in [-0.05, 0) is 30.9 Å². The van der Waals surface area contributed by atoms with Gasteiger partial charge in [0.2, 0.25) is 0 Å². The fourth-order valence-corrected chi connectivity index (χ4v) is 3.59. The minimum atomic E-state index is 0.0691. The van der Waals surface area contributed by atoms with E-state index in [4.69, 9.17) is 0 Å². The fraction of sp³-hybridized carbons (Fsp3) is 0.474. The average molecular weight is 311 g/mol. The van der Waals surface area contributed by atoms with Crippen LogP contribution >= 0.6 is 0 Å². The number of hydrogen-bond acceptors (Lipinski definition) is 2. The van der Waals surface area contributed by atoms with Gasteiger partial charge < -0.3 is 4.90 Å². The summed E-state index contributed by atoms with van der Waals surface area (Å²) in [6, 6.07) is 12.5. The second-order valence-electron chi connectivity index (χ2n) is 7.39. The maximum absolute atomic E-state index is 13.0. The second kappa shape index (κ2) is 5.84. The Labute approximate surface area is 138 Å². The number of hydrogen-bond donors (Lipinski definition) is 0. The van der Waals surface area contributed by atoms with Crippen molar-refractivity contribution in [1.82, 2.24) is 14.7 Å². The van der Waals surface area contributed by atoms with Crippen molar-refractivity contribution in [3.63, 3.8) is 0 Å². The summed E-state index contributed by atoms with van der Waals surface area (Å²) < 4.78 is 1.81. The molecule has 2 heterocycles. The highest BCUT2D eigenvalue weighted by Gasteiger charge is 2.42.